The lowest BCUT2D eigenvalue weighted by atomic mass is 9.92. The smallest absolute Gasteiger partial charge is 0.0468 e. The maximum absolute atomic E-state index is 5.74. The highest BCUT2D eigenvalue weighted by Gasteiger charge is 2.13. The number of nitrogens with two attached hydrogens (primary N) is 1. The fraction of sp³-hybridized carbons (Fsp3) is 0.500. The van der Waals surface area contributed by atoms with Gasteiger partial charge in [0.15, 0.2) is 0 Å². The minimum absolute atomic E-state index is 0.783. The summed E-state index contributed by atoms with van der Waals surface area (Å²) >= 11 is 0. The Morgan fingerprint density at radius 1 is 1.29 bits per heavy atom. The number of anilines is 1. The van der Waals surface area contributed by atoms with E-state index in [0.29, 0.717) is 0 Å². The summed E-state index contributed by atoms with van der Waals surface area (Å²) in [6.45, 7) is 1.85. The Kier molecular flexibility index (Phi) is 3.04. The van der Waals surface area contributed by atoms with Gasteiger partial charge in [0, 0.05) is 18.9 Å². The summed E-state index contributed by atoms with van der Waals surface area (Å²) in [6.07, 6.45) is 3.53. The van der Waals surface area contributed by atoms with Crippen LogP contribution in [0.3, 0.4) is 0 Å². The minimum atomic E-state index is 0.783. The molecule has 76 valence electrons. The minimum Gasteiger partial charge on any atom is -0.399 e. The van der Waals surface area contributed by atoms with Crippen LogP contribution in [0.4, 0.5) is 5.69 Å². The van der Waals surface area contributed by atoms with E-state index >= 15 is 0 Å². The van der Waals surface area contributed by atoms with E-state index in [1.54, 1.807) is 0 Å². The van der Waals surface area contributed by atoms with E-state index in [2.05, 4.69) is 12.1 Å². The van der Waals surface area contributed by atoms with Gasteiger partial charge in [-0.25, -0.2) is 0 Å². The molecule has 0 bridgehead atoms. The van der Waals surface area contributed by atoms with Crippen molar-refractivity contribution in [2.45, 2.75) is 19.3 Å². The molecule has 2 rings (SSSR count). The number of rotatable bonds is 2. The van der Waals surface area contributed by atoms with Gasteiger partial charge in [-0.15, -0.1) is 0 Å². The number of nitrogen functional groups attached to an aromatic ring is 1. The molecule has 0 atom stereocenters. The molecule has 0 unspecified atom stereocenters. The summed E-state index contributed by atoms with van der Waals surface area (Å²) < 4.78 is 5.34. The third-order valence-corrected chi connectivity index (χ3v) is 2.82. The Balaban J connectivity index is 1.95. The van der Waals surface area contributed by atoms with Crippen LogP contribution in [0.5, 0.6) is 0 Å². The van der Waals surface area contributed by atoms with E-state index < -0.39 is 0 Å². The summed E-state index contributed by atoms with van der Waals surface area (Å²) in [4.78, 5) is 0. The zero-order valence-corrected chi connectivity index (χ0v) is 8.41. The summed E-state index contributed by atoms with van der Waals surface area (Å²) in [5, 5.41) is 0. The average Bonchev–Trinajstić information content (AvgIpc) is 2.19. The molecular weight excluding hydrogens is 174 g/mol. The zero-order chi connectivity index (χ0) is 9.80. The average molecular weight is 191 g/mol. The Bertz CT molecular complexity index is 292. The number of benzene rings is 1. The van der Waals surface area contributed by atoms with Gasteiger partial charge >= 0.3 is 0 Å². The van der Waals surface area contributed by atoms with Crippen molar-refractivity contribution >= 4 is 5.69 Å². The van der Waals surface area contributed by atoms with Crippen molar-refractivity contribution in [3.05, 3.63) is 29.8 Å². The molecule has 0 radical (unpaired) electrons. The van der Waals surface area contributed by atoms with Crippen LogP contribution < -0.4 is 5.73 Å². The number of hydrogen-bond donors (Lipinski definition) is 1. The quantitative estimate of drug-likeness (QED) is 0.728. The SMILES string of the molecule is Nc1cccc(CC2CCOCC2)c1. The zero-order valence-electron chi connectivity index (χ0n) is 8.41. The van der Waals surface area contributed by atoms with Crippen molar-refractivity contribution in [3.63, 3.8) is 0 Å². The standard InChI is InChI=1S/C12H17NO/c13-12-3-1-2-11(9-12)8-10-4-6-14-7-5-10/h1-3,9-10H,4-8,13H2. The van der Waals surface area contributed by atoms with E-state index in [9.17, 15) is 0 Å². The molecule has 1 aromatic carbocycles. The van der Waals surface area contributed by atoms with E-state index in [1.807, 2.05) is 12.1 Å². The summed E-state index contributed by atoms with van der Waals surface area (Å²) in [5.41, 5.74) is 7.97. The Labute approximate surface area is 85.1 Å². The predicted molar refractivity (Wildman–Crippen MR) is 58.1 cm³/mol. The summed E-state index contributed by atoms with van der Waals surface area (Å²) in [5.74, 6) is 0.783. The fourth-order valence-electron chi connectivity index (χ4n) is 2.00. The second-order valence-corrected chi connectivity index (χ2v) is 4.00. The highest BCUT2D eigenvalue weighted by molar-refractivity contribution is 5.40. The Morgan fingerprint density at radius 2 is 2.07 bits per heavy atom. The third kappa shape index (κ3) is 2.48. The first-order valence-corrected chi connectivity index (χ1v) is 5.27. The molecule has 2 nitrogen and oxygen atoms in total. The molecule has 14 heavy (non-hydrogen) atoms. The second kappa shape index (κ2) is 4.47. The van der Waals surface area contributed by atoms with Crippen molar-refractivity contribution in [3.8, 4) is 0 Å². The van der Waals surface area contributed by atoms with E-state index in [0.717, 1.165) is 31.2 Å². The molecule has 2 heteroatoms. The van der Waals surface area contributed by atoms with Crippen molar-refractivity contribution < 1.29 is 4.74 Å². The number of hydrogen-bond acceptors (Lipinski definition) is 2. The van der Waals surface area contributed by atoms with Gasteiger partial charge in [-0.1, -0.05) is 12.1 Å². The van der Waals surface area contributed by atoms with Gasteiger partial charge in [-0.2, -0.15) is 0 Å². The molecule has 1 aromatic rings. The monoisotopic (exact) mass is 191 g/mol. The van der Waals surface area contributed by atoms with E-state index in [-0.39, 0.29) is 0 Å². The van der Waals surface area contributed by atoms with E-state index in [1.165, 1.54) is 18.4 Å². The van der Waals surface area contributed by atoms with Crippen molar-refractivity contribution in [2.75, 3.05) is 18.9 Å². The van der Waals surface area contributed by atoms with Gasteiger partial charge in [-0.3, -0.25) is 0 Å². The van der Waals surface area contributed by atoms with Crippen LogP contribution in [0.1, 0.15) is 18.4 Å². The highest BCUT2D eigenvalue weighted by Crippen LogP contribution is 2.20. The molecule has 1 saturated heterocycles. The summed E-state index contributed by atoms with van der Waals surface area (Å²) in [6, 6.07) is 8.21. The maximum atomic E-state index is 5.74. The summed E-state index contributed by atoms with van der Waals surface area (Å²) in [7, 11) is 0. The Hall–Kier alpha value is -1.02. The van der Waals surface area contributed by atoms with Gasteiger partial charge in [-0.05, 0) is 42.9 Å². The third-order valence-electron chi connectivity index (χ3n) is 2.82. The molecule has 2 N–H and O–H groups in total. The first-order chi connectivity index (χ1) is 6.84. The molecule has 1 fully saturated rings. The Morgan fingerprint density at radius 3 is 2.79 bits per heavy atom. The van der Waals surface area contributed by atoms with Crippen molar-refractivity contribution in [1.82, 2.24) is 0 Å². The molecule has 1 heterocycles. The van der Waals surface area contributed by atoms with Crippen molar-refractivity contribution in [1.29, 1.82) is 0 Å². The van der Waals surface area contributed by atoms with Gasteiger partial charge < -0.3 is 10.5 Å². The molecule has 0 saturated carbocycles. The van der Waals surface area contributed by atoms with Gasteiger partial charge in [0.25, 0.3) is 0 Å². The fourth-order valence-corrected chi connectivity index (χ4v) is 2.00. The molecule has 1 aliphatic heterocycles. The number of ether oxygens (including phenoxy) is 1. The lowest BCUT2D eigenvalue weighted by Gasteiger charge is -2.21. The van der Waals surface area contributed by atoms with Gasteiger partial charge in [0.2, 0.25) is 0 Å². The van der Waals surface area contributed by atoms with E-state index in [4.69, 9.17) is 10.5 Å². The van der Waals surface area contributed by atoms with Crippen LogP contribution in [0.2, 0.25) is 0 Å². The predicted octanol–water partition coefficient (Wildman–Crippen LogP) is 2.24. The van der Waals surface area contributed by atoms with Crippen LogP contribution >= 0.6 is 0 Å². The van der Waals surface area contributed by atoms with Crippen LogP contribution in [-0.4, -0.2) is 13.2 Å². The topological polar surface area (TPSA) is 35.2 Å². The van der Waals surface area contributed by atoms with Crippen LogP contribution in [0.15, 0.2) is 24.3 Å². The molecule has 0 amide bonds. The first kappa shape index (κ1) is 9.53. The second-order valence-electron chi connectivity index (χ2n) is 4.00. The molecule has 0 spiro atoms. The molecular formula is C12H17NO. The molecule has 0 aliphatic carbocycles. The lowest BCUT2D eigenvalue weighted by Crippen LogP contribution is -2.17. The van der Waals surface area contributed by atoms with Crippen LogP contribution in [0, 0.1) is 5.92 Å². The van der Waals surface area contributed by atoms with Crippen molar-refractivity contribution in [2.24, 2.45) is 5.92 Å². The normalized spacial score (nSPS) is 18.3. The van der Waals surface area contributed by atoms with Gasteiger partial charge in [0.1, 0.15) is 0 Å². The van der Waals surface area contributed by atoms with Crippen LogP contribution in [-0.2, 0) is 11.2 Å². The maximum Gasteiger partial charge on any atom is 0.0468 e. The largest absolute Gasteiger partial charge is 0.399 e. The van der Waals surface area contributed by atoms with Crippen LogP contribution in [0.25, 0.3) is 0 Å². The highest BCUT2D eigenvalue weighted by atomic mass is 16.5. The lowest BCUT2D eigenvalue weighted by molar-refractivity contribution is 0.0665. The molecule has 1 aliphatic rings. The molecule has 0 aromatic heterocycles. The van der Waals surface area contributed by atoms with Gasteiger partial charge in [0.05, 0.1) is 0 Å². The first-order valence-electron chi connectivity index (χ1n) is 5.27.